The first-order valence-electron chi connectivity index (χ1n) is 8.57. The van der Waals surface area contributed by atoms with Gasteiger partial charge in [-0.1, -0.05) is 54.1 Å². The molecule has 0 saturated carbocycles. The molecule has 1 amide bonds. The second-order valence-electron chi connectivity index (χ2n) is 6.56. The molecule has 26 heavy (non-hydrogen) atoms. The lowest BCUT2D eigenvalue weighted by molar-refractivity contribution is 0.0993. The summed E-state index contributed by atoms with van der Waals surface area (Å²) in [5.74, 6) is 0.00656. The van der Waals surface area contributed by atoms with Gasteiger partial charge >= 0.3 is 0 Å². The molecule has 0 aliphatic carbocycles. The van der Waals surface area contributed by atoms with Crippen LogP contribution in [0.2, 0.25) is 5.02 Å². The Labute approximate surface area is 158 Å². The van der Waals surface area contributed by atoms with Crippen molar-refractivity contribution in [3.63, 3.8) is 0 Å². The third kappa shape index (κ3) is 2.74. The number of aryl methyl sites for hydroxylation is 2. The monoisotopic (exact) mass is 362 g/mol. The molecule has 0 saturated heterocycles. The zero-order valence-corrected chi connectivity index (χ0v) is 15.4. The van der Waals surface area contributed by atoms with Gasteiger partial charge in [-0.3, -0.25) is 9.69 Å². The number of benzene rings is 3. The minimum Gasteiger partial charge on any atom is -0.361 e. The highest BCUT2D eigenvalue weighted by molar-refractivity contribution is 6.30. The van der Waals surface area contributed by atoms with E-state index in [9.17, 15) is 4.79 Å². The third-order valence-electron chi connectivity index (χ3n) is 4.83. The topological polar surface area (TPSA) is 32.3 Å². The van der Waals surface area contributed by atoms with Crippen LogP contribution < -0.4 is 10.2 Å². The van der Waals surface area contributed by atoms with Gasteiger partial charge in [0.05, 0.1) is 0 Å². The fourth-order valence-corrected chi connectivity index (χ4v) is 3.61. The van der Waals surface area contributed by atoms with Crippen LogP contribution in [0.5, 0.6) is 0 Å². The molecule has 1 N–H and O–H groups in total. The van der Waals surface area contributed by atoms with Gasteiger partial charge in [-0.2, -0.15) is 0 Å². The summed E-state index contributed by atoms with van der Waals surface area (Å²) in [7, 11) is 0. The van der Waals surface area contributed by atoms with Crippen LogP contribution in [0.15, 0.2) is 66.7 Å². The van der Waals surface area contributed by atoms with Crippen molar-refractivity contribution >= 4 is 28.9 Å². The summed E-state index contributed by atoms with van der Waals surface area (Å²) < 4.78 is 0. The standard InChI is InChI=1S/C22H19ClN2O/c1-14-11-12-16(23)13-19(14)24-21-17-8-4-5-9-18(17)22(26)25(21)20-10-6-3-7-15(20)2/h3-13,21,24H,1-2H3. The molecule has 1 unspecified atom stereocenters. The molecule has 1 heterocycles. The number of rotatable bonds is 3. The minimum atomic E-state index is -0.281. The number of carbonyl (C=O) groups is 1. The Morgan fingerprint density at radius 1 is 0.923 bits per heavy atom. The highest BCUT2D eigenvalue weighted by Crippen LogP contribution is 2.39. The van der Waals surface area contributed by atoms with Gasteiger partial charge in [-0.15, -0.1) is 0 Å². The van der Waals surface area contributed by atoms with E-state index in [4.69, 9.17) is 11.6 Å². The highest BCUT2D eigenvalue weighted by Gasteiger charge is 2.38. The molecule has 0 radical (unpaired) electrons. The number of anilines is 2. The van der Waals surface area contributed by atoms with E-state index < -0.39 is 0 Å². The molecule has 0 aromatic heterocycles. The molecule has 1 aliphatic heterocycles. The fourth-order valence-electron chi connectivity index (χ4n) is 3.44. The van der Waals surface area contributed by atoms with Crippen LogP contribution in [0.4, 0.5) is 11.4 Å². The van der Waals surface area contributed by atoms with Crippen LogP contribution in [0.3, 0.4) is 0 Å². The van der Waals surface area contributed by atoms with Gasteiger partial charge in [0.25, 0.3) is 5.91 Å². The Morgan fingerprint density at radius 3 is 2.46 bits per heavy atom. The first kappa shape index (κ1) is 16.7. The molecule has 4 heteroatoms. The molecule has 1 aliphatic rings. The highest BCUT2D eigenvalue weighted by atomic mass is 35.5. The summed E-state index contributed by atoms with van der Waals surface area (Å²) in [4.78, 5) is 15.0. The van der Waals surface area contributed by atoms with Crippen LogP contribution in [-0.2, 0) is 0 Å². The van der Waals surface area contributed by atoms with Crippen LogP contribution >= 0.6 is 11.6 Å². The molecule has 3 nitrogen and oxygen atoms in total. The predicted octanol–water partition coefficient (Wildman–Crippen LogP) is 5.73. The van der Waals surface area contributed by atoms with Crippen molar-refractivity contribution in [2.75, 3.05) is 10.2 Å². The van der Waals surface area contributed by atoms with Crippen molar-refractivity contribution in [1.29, 1.82) is 0 Å². The average Bonchev–Trinajstić information content (AvgIpc) is 2.91. The maximum absolute atomic E-state index is 13.2. The van der Waals surface area contributed by atoms with E-state index in [1.165, 1.54) is 0 Å². The van der Waals surface area contributed by atoms with Gasteiger partial charge in [0.2, 0.25) is 0 Å². The lowest BCUT2D eigenvalue weighted by Crippen LogP contribution is -2.33. The predicted molar refractivity (Wildman–Crippen MR) is 107 cm³/mol. The Kier molecular flexibility index (Phi) is 4.17. The largest absolute Gasteiger partial charge is 0.361 e. The van der Waals surface area contributed by atoms with E-state index in [-0.39, 0.29) is 12.1 Å². The zero-order valence-electron chi connectivity index (χ0n) is 14.7. The number of para-hydroxylation sites is 1. The smallest absolute Gasteiger partial charge is 0.260 e. The maximum atomic E-state index is 13.2. The number of carbonyl (C=O) groups excluding carboxylic acids is 1. The van der Waals surface area contributed by atoms with Crippen molar-refractivity contribution in [2.24, 2.45) is 0 Å². The van der Waals surface area contributed by atoms with Crippen molar-refractivity contribution < 1.29 is 4.79 Å². The fraction of sp³-hybridized carbons (Fsp3) is 0.136. The molecular formula is C22H19ClN2O. The Balaban J connectivity index is 1.84. The second kappa shape index (κ2) is 6.50. The Morgan fingerprint density at radius 2 is 1.65 bits per heavy atom. The number of hydrogen-bond acceptors (Lipinski definition) is 2. The van der Waals surface area contributed by atoms with E-state index in [0.29, 0.717) is 5.02 Å². The second-order valence-corrected chi connectivity index (χ2v) is 6.99. The third-order valence-corrected chi connectivity index (χ3v) is 5.06. The lowest BCUT2D eigenvalue weighted by atomic mass is 10.1. The molecule has 1 atom stereocenters. The summed E-state index contributed by atoms with van der Waals surface area (Å²) in [5.41, 5.74) is 5.67. The number of amides is 1. The van der Waals surface area contributed by atoms with E-state index >= 15 is 0 Å². The van der Waals surface area contributed by atoms with Gasteiger partial charge < -0.3 is 5.32 Å². The van der Waals surface area contributed by atoms with Crippen molar-refractivity contribution in [1.82, 2.24) is 0 Å². The quantitative estimate of drug-likeness (QED) is 0.645. The first-order valence-corrected chi connectivity index (χ1v) is 8.95. The maximum Gasteiger partial charge on any atom is 0.260 e. The molecule has 3 aromatic rings. The molecule has 0 fully saturated rings. The van der Waals surface area contributed by atoms with Crippen LogP contribution in [-0.4, -0.2) is 5.91 Å². The Hall–Kier alpha value is -2.78. The average molecular weight is 363 g/mol. The first-order chi connectivity index (χ1) is 12.6. The number of nitrogens with zero attached hydrogens (tertiary/aromatic N) is 1. The minimum absolute atomic E-state index is 0.00656. The number of fused-ring (bicyclic) bond motifs is 1. The van der Waals surface area contributed by atoms with Gasteiger partial charge in [0.15, 0.2) is 0 Å². The summed E-state index contributed by atoms with van der Waals surface area (Å²) in [6.07, 6.45) is -0.281. The van der Waals surface area contributed by atoms with Crippen LogP contribution in [0.25, 0.3) is 0 Å². The van der Waals surface area contributed by atoms with Gasteiger partial charge in [-0.25, -0.2) is 0 Å². The van der Waals surface area contributed by atoms with Crippen molar-refractivity contribution in [3.8, 4) is 0 Å². The molecule has 3 aromatic carbocycles. The molecule has 4 rings (SSSR count). The number of hydrogen-bond donors (Lipinski definition) is 1. The van der Waals surface area contributed by atoms with Crippen molar-refractivity contribution in [2.45, 2.75) is 20.0 Å². The number of nitrogens with one attached hydrogen (secondary N) is 1. The summed E-state index contributed by atoms with van der Waals surface area (Å²) in [6.45, 7) is 4.05. The summed E-state index contributed by atoms with van der Waals surface area (Å²) in [6, 6.07) is 21.5. The lowest BCUT2D eigenvalue weighted by Gasteiger charge is -2.29. The van der Waals surface area contributed by atoms with Crippen LogP contribution in [0, 0.1) is 13.8 Å². The van der Waals surface area contributed by atoms with E-state index in [1.807, 2.05) is 85.5 Å². The van der Waals surface area contributed by atoms with E-state index in [1.54, 1.807) is 0 Å². The normalized spacial score (nSPS) is 15.9. The number of halogens is 1. The van der Waals surface area contributed by atoms with E-state index in [0.717, 1.165) is 33.6 Å². The van der Waals surface area contributed by atoms with Crippen LogP contribution in [0.1, 0.15) is 33.2 Å². The SMILES string of the molecule is Cc1ccc(Cl)cc1NC1c2ccccc2C(=O)N1c1ccccc1C. The summed E-state index contributed by atoms with van der Waals surface area (Å²) in [5, 5.41) is 4.20. The van der Waals surface area contributed by atoms with Gasteiger partial charge in [0, 0.05) is 27.5 Å². The zero-order chi connectivity index (χ0) is 18.3. The summed E-state index contributed by atoms with van der Waals surface area (Å²) >= 11 is 6.19. The van der Waals surface area contributed by atoms with Gasteiger partial charge in [-0.05, 0) is 49.2 Å². The molecule has 0 spiro atoms. The Bertz CT molecular complexity index is 999. The van der Waals surface area contributed by atoms with E-state index in [2.05, 4.69) is 5.32 Å². The van der Waals surface area contributed by atoms with Crippen molar-refractivity contribution in [3.05, 3.63) is 94.0 Å². The van der Waals surface area contributed by atoms with Gasteiger partial charge in [0.1, 0.15) is 6.17 Å². The molecule has 130 valence electrons. The molecule has 0 bridgehead atoms. The molecular weight excluding hydrogens is 344 g/mol.